The van der Waals surface area contributed by atoms with Gasteiger partial charge in [-0.05, 0) is 19.4 Å². The molecule has 100 valence electrons. The fourth-order valence-corrected chi connectivity index (χ4v) is 1.87. The maximum atomic E-state index is 10.9. The highest BCUT2D eigenvalue weighted by molar-refractivity contribution is 5.70. The van der Waals surface area contributed by atoms with Crippen LogP contribution in [-0.2, 0) is 10.3 Å². The lowest BCUT2D eigenvalue weighted by molar-refractivity contribution is -0.142. The summed E-state index contributed by atoms with van der Waals surface area (Å²) in [5, 5.41) is 21.8. The van der Waals surface area contributed by atoms with Crippen LogP contribution in [0.2, 0.25) is 0 Å². The van der Waals surface area contributed by atoms with E-state index in [2.05, 4.69) is 5.32 Å². The zero-order chi connectivity index (χ0) is 13.8. The van der Waals surface area contributed by atoms with Crippen LogP contribution in [0.3, 0.4) is 0 Å². The molecular weight excluding hydrogens is 230 g/mol. The summed E-state index contributed by atoms with van der Waals surface area (Å²) in [7, 11) is 0. The van der Waals surface area contributed by atoms with Gasteiger partial charge < -0.3 is 15.5 Å². The van der Waals surface area contributed by atoms with Crippen LogP contribution in [-0.4, -0.2) is 28.8 Å². The Balaban J connectivity index is 2.87. The number of carbonyl (C=O) groups is 1. The molecule has 0 aromatic heterocycles. The molecule has 0 aliphatic rings. The number of rotatable bonds is 6. The second-order valence-electron chi connectivity index (χ2n) is 4.92. The fourth-order valence-electron chi connectivity index (χ4n) is 1.87. The number of benzene rings is 1. The van der Waals surface area contributed by atoms with E-state index in [1.165, 1.54) is 0 Å². The highest BCUT2D eigenvalue weighted by Crippen LogP contribution is 2.22. The first-order valence-corrected chi connectivity index (χ1v) is 6.07. The van der Waals surface area contributed by atoms with Crippen molar-refractivity contribution in [2.75, 3.05) is 6.61 Å². The van der Waals surface area contributed by atoms with E-state index in [9.17, 15) is 9.90 Å². The second-order valence-corrected chi connectivity index (χ2v) is 4.92. The number of carboxylic acids is 1. The van der Waals surface area contributed by atoms with Crippen LogP contribution in [0.25, 0.3) is 0 Å². The number of hydrogen-bond donors (Lipinski definition) is 3. The third-order valence-corrected chi connectivity index (χ3v) is 3.41. The molecule has 4 heteroatoms. The molecule has 18 heavy (non-hydrogen) atoms. The SMILES string of the molecule is CC(NC(C)(CO)c1ccccc1)C(C)C(=O)O. The van der Waals surface area contributed by atoms with Crippen molar-refractivity contribution in [3.05, 3.63) is 35.9 Å². The monoisotopic (exact) mass is 251 g/mol. The van der Waals surface area contributed by atoms with Gasteiger partial charge in [-0.25, -0.2) is 0 Å². The van der Waals surface area contributed by atoms with Crippen molar-refractivity contribution in [2.24, 2.45) is 5.92 Å². The third-order valence-electron chi connectivity index (χ3n) is 3.41. The molecule has 0 spiro atoms. The van der Waals surface area contributed by atoms with Crippen LogP contribution >= 0.6 is 0 Å². The zero-order valence-electron chi connectivity index (χ0n) is 11.1. The maximum absolute atomic E-state index is 10.9. The van der Waals surface area contributed by atoms with Crippen molar-refractivity contribution in [2.45, 2.75) is 32.4 Å². The molecule has 0 saturated carbocycles. The summed E-state index contributed by atoms with van der Waals surface area (Å²) in [6, 6.07) is 9.31. The fraction of sp³-hybridized carbons (Fsp3) is 0.500. The van der Waals surface area contributed by atoms with Crippen LogP contribution in [0.15, 0.2) is 30.3 Å². The molecule has 3 atom stereocenters. The molecule has 0 aliphatic carbocycles. The third kappa shape index (κ3) is 3.31. The lowest BCUT2D eigenvalue weighted by Crippen LogP contribution is -2.50. The first kappa shape index (κ1) is 14.7. The first-order chi connectivity index (χ1) is 8.40. The van der Waals surface area contributed by atoms with Crippen LogP contribution in [0.4, 0.5) is 0 Å². The summed E-state index contributed by atoms with van der Waals surface area (Å²) in [5.74, 6) is -1.36. The Morgan fingerprint density at radius 2 is 1.89 bits per heavy atom. The van der Waals surface area contributed by atoms with Crippen LogP contribution in [0.1, 0.15) is 26.3 Å². The van der Waals surface area contributed by atoms with E-state index in [0.29, 0.717) is 0 Å². The van der Waals surface area contributed by atoms with Gasteiger partial charge in [0.05, 0.1) is 18.1 Å². The quantitative estimate of drug-likeness (QED) is 0.718. The summed E-state index contributed by atoms with van der Waals surface area (Å²) >= 11 is 0. The Morgan fingerprint density at radius 3 is 2.33 bits per heavy atom. The second kappa shape index (κ2) is 5.98. The molecule has 0 amide bonds. The molecule has 0 saturated heterocycles. The molecule has 3 N–H and O–H groups in total. The van der Waals surface area contributed by atoms with E-state index in [4.69, 9.17) is 5.11 Å². The predicted molar refractivity (Wildman–Crippen MR) is 70.3 cm³/mol. The summed E-state index contributed by atoms with van der Waals surface area (Å²) in [5.41, 5.74) is 0.307. The van der Waals surface area contributed by atoms with Crippen molar-refractivity contribution in [1.29, 1.82) is 0 Å². The minimum Gasteiger partial charge on any atom is -0.481 e. The topological polar surface area (TPSA) is 69.6 Å². The Morgan fingerprint density at radius 1 is 1.33 bits per heavy atom. The number of hydrogen-bond acceptors (Lipinski definition) is 3. The van der Waals surface area contributed by atoms with E-state index in [1.54, 1.807) is 6.92 Å². The number of nitrogens with one attached hydrogen (secondary N) is 1. The van der Waals surface area contributed by atoms with Crippen molar-refractivity contribution < 1.29 is 15.0 Å². The summed E-state index contributed by atoms with van der Waals surface area (Å²) in [6.07, 6.45) is 0. The average Bonchev–Trinajstić information content (AvgIpc) is 2.38. The lowest BCUT2D eigenvalue weighted by atomic mass is 9.90. The normalized spacial score (nSPS) is 17.8. The van der Waals surface area contributed by atoms with Gasteiger partial charge in [0.25, 0.3) is 0 Å². The molecule has 3 unspecified atom stereocenters. The van der Waals surface area contributed by atoms with Crippen LogP contribution in [0.5, 0.6) is 0 Å². The van der Waals surface area contributed by atoms with E-state index in [-0.39, 0.29) is 12.6 Å². The number of aliphatic hydroxyl groups is 1. The van der Waals surface area contributed by atoms with E-state index in [0.717, 1.165) is 5.56 Å². The van der Waals surface area contributed by atoms with Crippen molar-refractivity contribution in [1.82, 2.24) is 5.32 Å². The Hall–Kier alpha value is -1.39. The number of aliphatic hydroxyl groups excluding tert-OH is 1. The molecule has 1 aromatic carbocycles. The molecular formula is C14H21NO3. The van der Waals surface area contributed by atoms with Gasteiger partial charge in [0, 0.05) is 6.04 Å². The van der Waals surface area contributed by atoms with Crippen molar-refractivity contribution >= 4 is 5.97 Å². The highest BCUT2D eigenvalue weighted by Gasteiger charge is 2.30. The molecule has 0 fully saturated rings. The van der Waals surface area contributed by atoms with Crippen molar-refractivity contribution in [3.63, 3.8) is 0 Å². The average molecular weight is 251 g/mol. The Labute approximate surface area is 108 Å². The largest absolute Gasteiger partial charge is 0.481 e. The Kier molecular flexibility index (Phi) is 4.87. The molecule has 0 aliphatic heterocycles. The van der Waals surface area contributed by atoms with Gasteiger partial charge in [0.1, 0.15) is 0 Å². The van der Waals surface area contributed by atoms with E-state index >= 15 is 0 Å². The zero-order valence-corrected chi connectivity index (χ0v) is 11.1. The molecule has 0 radical (unpaired) electrons. The van der Waals surface area contributed by atoms with E-state index < -0.39 is 17.4 Å². The minimum atomic E-state index is -0.844. The highest BCUT2D eigenvalue weighted by atomic mass is 16.4. The van der Waals surface area contributed by atoms with Gasteiger partial charge in [-0.3, -0.25) is 4.79 Å². The first-order valence-electron chi connectivity index (χ1n) is 6.07. The lowest BCUT2D eigenvalue weighted by Gasteiger charge is -2.34. The standard InChI is InChI=1S/C14H21NO3/c1-10(13(17)18)11(2)15-14(3,9-16)12-7-5-4-6-8-12/h4-8,10-11,15-16H,9H2,1-3H3,(H,17,18). The molecule has 1 aromatic rings. The van der Waals surface area contributed by atoms with E-state index in [1.807, 2.05) is 44.2 Å². The van der Waals surface area contributed by atoms with Gasteiger partial charge in [-0.1, -0.05) is 37.3 Å². The summed E-state index contributed by atoms with van der Waals surface area (Å²) in [6.45, 7) is 5.25. The molecule has 1 rings (SSSR count). The molecule has 4 nitrogen and oxygen atoms in total. The number of aliphatic carboxylic acids is 1. The minimum absolute atomic E-state index is 0.0896. The molecule has 0 heterocycles. The maximum Gasteiger partial charge on any atom is 0.307 e. The smallest absolute Gasteiger partial charge is 0.307 e. The Bertz CT molecular complexity index is 393. The van der Waals surface area contributed by atoms with Gasteiger partial charge in [-0.2, -0.15) is 0 Å². The summed E-state index contributed by atoms with van der Waals surface area (Å²) < 4.78 is 0. The molecule has 0 bridgehead atoms. The van der Waals surface area contributed by atoms with Crippen LogP contribution in [0, 0.1) is 5.92 Å². The predicted octanol–water partition coefficient (Wildman–Crippen LogP) is 1.59. The van der Waals surface area contributed by atoms with Crippen molar-refractivity contribution in [3.8, 4) is 0 Å². The van der Waals surface area contributed by atoms with Crippen LogP contribution < -0.4 is 5.32 Å². The van der Waals surface area contributed by atoms with Gasteiger partial charge >= 0.3 is 5.97 Å². The van der Waals surface area contributed by atoms with Gasteiger partial charge in [0.2, 0.25) is 0 Å². The number of carboxylic acid groups (broad SMARTS) is 1. The van der Waals surface area contributed by atoms with Gasteiger partial charge in [-0.15, -0.1) is 0 Å². The van der Waals surface area contributed by atoms with Gasteiger partial charge in [0.15, 0.2) is 0 Å². The summed E-state index contributed by atoms with van der Waals surface area (Å²) in [4.78, 5) is 10.9.